The fraction of sp³-hybridized carbons (Fsp3) is 0.533. The molecule has 1 heterocycles. The predicted octanol–water partition coefficient (Wildman–Crippen LogP) is 1.79. The number of piperidine rings is 1. The van der Waals surface area contributed by atoms with Gasteiger partial charge in [0, 0.05) is 5.69 Å². The number of anilines is 1. The molecule has 5 heteroatoms. The average Bonchev–Trinajstić information content (AvgIpc) is 2.49. The maximum atomic E-state index is 11.8. The Morgan fingerprint density at radius 2 is 2.00 bits per heavy atom. The Labute approximate surface area is 119 Å². The van der Waals surface area contributed by atoms with E-state index in [0.29, 0.717) is 19.1 Å². The topological polar surface area (TPSA) is 59.6 Å². The fourth-order valence-electron chi connectivity index (χ4n) is 2.18. The Morgan fingerprint density at radius 1 is 1.30 bits per heavy atom. The smallest absolute Gasteiger partial charge is 0.226 e. The maximum absolute atomic E-state index is 11.8. The molecule has 110 valence electrons. The van der Waals surface area contributed by atoms with E-state index in [1.807, 2.05) is 24.3 Å². The molecule has 1 aliphatic heterocycles. The summed E-state index contributed by atoms with van der Waals surface area (Å²) in [6, 6.07) is 7.29. The summed E-state index contributed by atoms with van der Waals surface area (Å²) in [4.78, 5) is 11.8. The van der Waals surface area contributed by atoms with Crippen LogP contribution < -0.4 is 15.4 Å². The van der Waals surface area contributed by atoms with E-state index in [-0.39, 0.29) is 5.91 Å². The number of rotatable bonds is 6. The summed E-state index contributed by atoms with van der Waals surface area (Å²) in [6.45, 7) is 2.48. The SMILES string of the molecule is COc1ccc(NC(=O)CCOC2CCNCC2)cc1. The van der Waals surface area contributed by atoms with Gasteiger partial charge >= 0.3 is 0 Å². The molecule has 1 aromatic carbocycles. The molecule has 0 saturated carbocycles. The molecule has 5 nitrogen and oxygen atoms in total. The molecule has 0 aliphatic carbocycles. The van der Waals surface area contributed by atoms with Crippen LogP contribution in [0.2, 0.25) is 0 Å². The molecule has 0 radical (unpaired) electrons. The lowest BCUT2D eigenvalue weighted by molar-refractivity contribution is -0.117. The molecule has 2 rings (SSSR count). The number of hydrogen-bond acceptors (Lipinski definition) is 4. The van der Waals surface area contributed by atoms with Gasteiger partial charge in [-0.2, -0.15) is 0 Å². The van der Waals surface area contributed by atoms with Crippen molar-refractivity contribution in [3.8, 4) is 5.75 Å². The van der Waals surface area contributed by atoms with E-state index in [0.717, 1.165) is 37.4 Å². The van der Waals surface area contributed by atoms with E-state index in [2.05, 4.69) is 10.6 Å². The third-order valence-electron chi connectivity index (χ3n) is 3.34. The van der Waals surface area contributed by atoms with Crippen molar-refractivity contribution in [1.29, 1.82) is 0 Å². The standard InChI is InChI=1S/C15H22N2O3/c1-19-13-4-2-12(3-5-13)17-15(18)8-11-20-14-6-9-16-10-7-14/h2-5,14,16H,6-11H2,1H3,(H,17,18). The van der Waals surface area contributed by atoms with Crippen LogP contribution in [0.1, 0.15) is 19.3 Å². The number of methoxy groups -OCH3 is 1. The van der Waals surface area contributed by atoms with Gasteiger partial charge in [0.15, 0.2) is 0 Å². The van der Waals surface area contributed by atoms with Gasteiger partial charge < -0.3 is 20.1 Å². The van der Waals surface area contributed by atoms with Crippen molar-refractivity contribution in [3.63, 3.8) is 0 Å². The summed E-state index contributed by atoms with van der Waals surface area (Å²) >= 11 is 0. The van der Waals surface area contributed by atoms with E-state index in [9.17, 15) is 4.79 Å². The van der Waals surface area contributed by atoms with Gasteiger partial charge in [0.25, 0.3) is 0 Å². The van der Waals surface area contributed by atoms with Crippen molar-refractivity contribution in [1.82, 2.24) is 5.32 Å². The highest BCUT2D eigenvalue weighted by Crippen LogP contribution is 2.15. The molecule has 1 fully saturated rings. The summed E-state index contributed by atoms with van der Waals surface area (Å²) in [6.07, 6.45) is 2.74. The van der Waals surface area contributed by atoms with Crippen molar-refractivity contribution >= 4 is 11.6 Å². The Bertz CT molecular complexity index is 414. The molecular weight excluding hydrogens is 256 g/mol. The second-order valence-electron chi connectivity index (χ2n) is 4.85. The molecular formula is C15H22N2O3. The van der Waals surface area contributed by atoms with Crippen molar-refractivity contribution < 1.29 is 14.3 Å². The average molecular weight is 278 g/mol. The number of ether oxygens (including phenoxy) is 2. The zero-order valence-corrected chi connectivity index (χ0v) is 11.9. The molecule has 0 aromatic heterocycles. The predicted molar refractivity (Wildman–Crippen MR) is 78.1 cm³/mol. The number of nitrogens with one attached hydrogen (secondary N) is 2. The highest BCUT2D eigenvalue weighted by Gasteiger charge is 2.13. The number of carbonyl (C=O) groups is 1. The lowest BCUT2D eigenvalue weighted by Gasteiger charge is -2.22. The van der Waals surface area contributed by atoms with Crippen LogP contribution in [0, 0.1) is 0 Å². The Morgan fingerprint density at radius 3 is 2.65 bits per heavy atom. The molecule has 0 unspecified atom stereocenters. The molecule has 0 bridgehead atoms. The van der Waals surface area contributed by atoms with Crippen molar-refractivity contribution in [2.45, 2.75) is 25.4 Å². The van der Waals surface area contributed by atoms with E-state index < -0.39 is 0 Å². The maximum Gasteiger partial charge on any atom is 0.226 e. The lowest BCUT2D eigenvalue weighted by atomic mass is 10.1. The first-order valence-electron chi connectivity index (χ1n) is 7.04. The minimum atomic E-state index is -0.0240. The quantitative estimate of drug-likeness (QED) is 0.833. The monoisotopic (exact) mass is 278 g/mol. The molecule has 1 aliphatic rings. The normalized spacial score (nSPS) is 15.8. The van der Waals surface area contributed by atoms with Crippen LogP contribution in [0.15, 0.2) is 24.3 Å². The second kappa shape index (κ2) is 7.87. The summed E-state index contributed by atoms with van der Waals surface area (Å²) < 4.78 is 10.8. The van der Waals surface area contributed by atoms with Crippen LogP contribution in [0.4, 0.5) is 5.69 Å². The number of carbonyl (C=O) groups excluding carboxylic acids is 1. The Balaban J connectivity index is 1.66. The van der Waals surface area contributed by atoms with Gasteiger partial charge in [0.1, 0.15) is 5.75 Å². The molecule has 20 heavy (non-hydrogen) atoms. The van der Waals surface area contributed by atoms with Crippen LogP contribution in [-0.4, -0.2) is 38.8 Å². The number of benzene rings is 1. The summed E-state index contributed by atoms with van der Waals surface area (Å²) in [5.41, 5.74) is 0.776. The second-order valence-corrected chi connectivity index (χ2v) is 4.85. The van der Waals surface area contributed by atoms with Gasteiger partial charge in [-0.25, -0.2) is 0 Å². The molecule has 1 aromatic rings. The Hall–Kier alpha value is -1.59. The zero-order valence-electron chi connectivity index (χ0n) is 11.9. The van der Waals surface area contributed by atoms with Crippen LogP contribution in [0.3, 0.4) is 0 Å². The van der Waals surface area contributed by atoms with Crippen molar-refractivity contribution in [3.05, 3.63) is 24.3 Å². The Kier molecular flexibility index (Phi) is 5.83. The molecule has 2 N–H and O–H groups in total. The number of hydrogen-bond donors (Lipinski definition) is 2. The highest BCUT2D eigenvalue weighted by atomic mass is 16.5. The van der Waals surface area contributed by atoms with Gasteiger partial charge in [-0.15, -0.1) is 0 Å². The van der Waals surface area contributed by atoms with Crippen LogP contribution in [0.5, 0.6) is 5.75 Å². The van der Waals surface area contributed by atoms with Crippen molar-refractivity contribution in [2.24, 2.45) is 0 Å². The minimum absolute atomic E-state index is 0.0240. The summed E-state index contributed by atoms with van der Waals surface area (Å²) in [7, 11) is 1.62. The summed E-state index contributed by atoms with van der Waals surface area (Å²) in [5.74, 6) is 0.751. The first-order valence-corrected chi connectivity index (χ1v) is 7.04. The zero-order chi connectivity index (χ0) is 14.2. The first-order chi connectivity index (χ1) is 9.78. The molecule has 1 amide bonds. The van der Waals surface area contributed by atoms with Gasteiger partial charge in [-0.3, -0.25) is 4.79 Å². The van der Waals surface area contributed by atoms with E-state index in [4.69, 9.17) is 9.47 Å². The van der Waals surface area contributed by atoms with E-state index in [1.165, 1.54) is 0 Å². The lowest BCUT2D eigenvalue weighted by Crippen LogP contribution is -2.33. The van der Waals surface area contributed by atoms with Crippen LogP contribution in [-0.2, 0) is 9.53 Å². The largest absolute Gasteiger partial charge is 0.497 e. The highest BCUT2D eigenvalue weighted by molar-refractivity contribution is 5.90. The van der Waals surface area contributed by atoms with E-state index >= 15 is 0 Å². The van der Waals surface area contributed by atoms with Crippen molar-refractivity contribution in [2.75, 3.05) is 32.1 Å². The molecule has 1 saturated heterocycles. The van der Waals surface area contributed by atoms with Crippen LogP contribution in [0.25, 0.3) is 0 Å². The third-order valence-corrected chi connectivity index (χ3v) is 3.34. The third kappa shape index (κ3) is 4.83. The first kappa shape index (κ1) is 14.8. The summed E-state index contributed by atoms with van der Waals surface area (Å²) in [5, 5.41) is 6.13. The molecule has 0 spiro atoms. The van der Waals surface area contributed by atoms with Gasteiger partial charge in [0.05, 0.1) is 26.2 Å². The van der Waals surface area contributed by atoms with Gasteiger partial charge in [-0.05, 0) is 50.2 Å². The minimum Gasteiger partial charge on any atom is -0.497 e. The van der Waals surface area contributed by atoms with Crippen LogP contribution >= 0.6 is 0 Å². The van der Waals surface area contributed by atoms with Gasteiger partial charge in [-0.1, -0.05) is 0 Å². The molecule has 0 atom stereocenters. The number of amides is 1. The fourth-order valence-corrected chi connectivity index (χ4v) is 2.18. The van der Waals surface area contributed by atoms with Gasteiger partial charge in [0.2, 0.25) is 5.91 Å². The van der Waals surface area contributed by atoms with E-state index in [1.54, 1.807) is 7.11 Å².